The van der Waals surface area contributed by atoms with Gasteiger partial charge in [-0.25, -0.2) is 13.7 Å². The molecule has 7 aromatic carbocycles. The van der Waals surface area contributed by atoms with E-state index in [2.05, 4.69) is 81.8 Å². The molecule has 13 aromatic rings. The number of rotatable bonds is 13. The van der Waals surface area contributed by atoms with Gasteiger partial charge in [-0.3, -0.25) is 28.3 Å². The predicted octanol–water partition coefficient (Wildman–Crippen LogP) is 12.4. The summed E-state index contributed by atoms with van der Waals surface area (Å²) in [5, 5.41) is 29.6. The Hall–Kier alpha value is -10.6. The first-order valence-corrected chi connectivity index (χ1v) is 32.8. The molecule has 0 fully saturated rings. The van der Waals surface area contributed by atoms with Gasteiger partial charge in [-0.2, -0.15) is 25.6 Å². The van der Waals surface area contributed by atoms with Gasteiger partial charge in [0, 0.05) is 79.4 Å². The van der Waals surface area contributed by atoms with Crippen LogP contribution in [-0.4, -0.2) is 101 Å². The molecule has 8 heterocycles. The molecule has 6 aromatic heterocycles. The number of carbonyl (C=O) groups excluding carboxylic acids is 2. The third-order valence-electron chi connectivity index (χ3n) is 17.9. The Morgan fingerprint density at radius 3 is 1.48 bits per heavy atom. The highest BCUT2D eigenvalue weighted by Gasteiger charge is 2.32. The molecule has 2 aliphatic rings. The Labute approximate surface area is 563 Å². The van der Waals surface area contributed by atoms with Crippen molar-refractivity contribution in [2.24, 2.45) is 0 Å². The number of aromatic nitrogens is 12. The number of methoxy groups -OCH3 is 1. The van der Waals surface area contributed by atoms with E-state index in [0.29, 0.717) is 85.4 Å². The number of aryl methyl sites for hydroxylation is 4. The summed E-state index contributed by atoms with van der Waals surface area (Å²) in [7, 11) is 1.65. The summed E-state index contributed by atoms with van der Waals surface area (Å²) in [6.07, 6.45) is 5.75. The minimum atomic E-state index is -0.0981. The van der Waals surface area contributed by atoms with Crippen molar-refractivity contribution in [1.29, 1.82) is 0 Å². The van der Waals surface area contributed by atoms with Crippen LogP contribution < -0.4 is 15.9 Å². The zero-order valence-electron chi connectivity index (χ0n) is 52.8. The molecule has 0 aliphatic carbocycles. The maximum absolute atomic E-state index is 14.6. The van der Waals surface area contributed by atoms with Crippen LogP contribution in [0, 0.1) is 27.7 Å². The van der Waals surface area contributed by atoms with Gasteiger partial charge in [0.1, 0.15) is 22.7 Å². The number of amides is 2. The van der Waals surface area contributed by atoms with Crippen molar-refractivity contribution in [2.75, 3.05) is 20.2 Å². The third kappa shape index (κ3) is 12.0. The van der Waals surface area contributed by atoms with Crippen LogP contribution in [0.3, 0.4) is 0 Å². The molecule has 0 atom stereocenters. The Balaban J connectivity index is 0.000000167. The summed E-state index contributed by atoms with van der Waals surface area (Å²) in [4.78, 5) is 59.8. The highest BCUT2D eigenvalue weighted by atomic mass is 79.9. The number of fused-ring (bicyclic) bond motifs is 6. The molecule has 0 saturated heterocycles. The summed E-state index contributed by atoms with van der Waals surface area (Å²) in [6, 6.07) is 55.2. The van der Waals surface area contributed by atoms with Crippen LogP contribution in [-0.2, 0) is 45.3 Å². The van der Waals surface area contributed by atoms with Gasteiger partial charge in [0.25, 0.3) is 22.9 Å². The molecule has 1 N–H and O–H groups in total. The van der Waals surface area contributed by atoms with E-state index in [-0.39, 0.29) is 29.5 Å². The molecule has 474 valence electrons. The van der Waals surface area contributed by atoms with Gasteiger partial charge in [-0.05, 0) is 141 Å². The van der Waals surface area contributed by atoms with Gasteiger partial charge in [0.05, 0.1) is 79.0 Å². The molecule has 2 amide bonds. The Morgan fingerprint density at radius 1 is 0.547 bits per heavy atom. The number of halogens is 2. The van der Waals surface area contributed by atoms with Crippen molar-refractivity contribution in [3.63, 3.8) is 0 Å². The average molecular weight is 1390 g/mol. The van der Waals surface area contributed by atoms with Crippen LogP contribution in [0.15, 0.2) is 201 Å². The van der Waals surface area contributed by atoms with Crippen molar-refractivity contribution in [2.45, 2.75) is 73.0 Å². The Morgan fingerprint density at radius 2 is 1.03 bits per heavy atom. The summed E-state index contributed by atoms with van der Waals surface area (Å²) >= 11 is 7.05. The number of hydrogen-bond acceptors (Lipinski definition) is 11. The SMILES string of the molecule is COc1ccc(Cn2nnc(C)c2-c2ccc(-n3c(=O)c4c(n5ncc(Cc6ccccc6)c35)CN(C(=O)c3ccc(Br)c(C)c3)CC4)cc2)cc1.Cc1cc(C(=O)N2CCc3c(n4ncc(Cc5ccccc5)c4n(-c4ccc(-c5n[nH]nc5C)cc4)c3=O)C2)ccc1Br. The smallest absolute Gasteiger partial charge is 0.261 e. The van der Waals surface area contributed by atoms with Crippen molar-refractivity contribution in [3.05, 3.63) is 296 Å². The van der Waals surface area contributed by atoms with Gasteiger partial charge in [0.2, 0.25) is 0 Å². The number of hydrogen-bond donors (Lipinski definition) is 1. The van der Waals surface area contributed by atoms with Crippen LogP contribution in [0.4, 0.5) is 0 Å². The van der Waals surface area contributed by atoms with E-state index >= 15 is 0 Å². The van der Waals surface area contributed by atoms with Crippen molar-refractivity contribution >= 4 is 55.0 Å². The maximum Gasteiger partial charge on any atom is 0.261 e. The number of aromatic amines is 1. The van der Waals surface area contributed by atoms with Gasteiger partial charge in [-0.15, -0.1) is 5.10 Å². The number of carbonyl (C=O) groups is 2. The fourth-order valence-corrected chi connectivity index (χ4v) is 13.4. The highest BCUT2D eigenvalue weighted by Crippen LogP contribution is 2.32. The lowest BCUT2D eigenvalue weighted by atomic mass is 10.0. The molecule has 2 aliphatic heterocycles. The summed E-state index contributed by atoms with van der Waals surface area (Å²) in [6.45, 7) is 9.80. The van der Waals surface area contributed by atoms with Crippen LogP contribution in [0.5, 0.6) is 5.75 Å². The Kier molecular flexibility index (Phi) is 17.0. The predicted molar refractivity (Wildman–Crippen MR) is 371 cm³/mol. The molecule has 0 bridgehead atoms. The van der Waals surface area contributed by atoms with E-state index in [1.165, 1.54) is 0 Å². The fraction of sp³-hybridized carbons (Fsp3) is 0.189. The van der Waals surface area contributed by atoms with Gasteiger partial charge < -0.3 is 14.5 Å². The first kappa shape index (κ1) is 61.8. The lowest BCUT2D eigenvalue weighted by Gasteiger charge is -2.30. The van der Waals surface area contributed by atoms with Gasteiger partial charge >= 0.3 is 0 Å². The van der Waals surface area contributed by atoms with Crippen molar-refractivity contribution < 1.29 is 14.3 Å². The topological polar surface area (TPSA) is 201 Å². The average Bonchev–Trinajstić information content (AvgIpc) is 1.70. The first-order valence-electron chi connectivity index (χ1n) is 31.3. The minimum absolute atomic E-state index is 0.0611. The van der Waals surface area contributed by atoms with E-state index in [9.17, 15) is 19.2 Å². The molecule has 0 unspecified atom stereocenters. The van der Waals surface area contributed by atoms with Gasteiger partial charge in [-0.1, -0.05) is 134 Å². The summed E-state index contributed by atoms with van der Waals surface area (Å²) in [5.74, 6) is 0.670. The van der Waals surface area contributed by atoms with E-state index < -0.39 is 0 Å². The van der Waals surface area contributed by atoms with Crippen LogP contribution in [0.1, 0.15) is 93.6 Å². The monoisotopic (exact) mass is 1390 g/mol. The number of ether oxygens (including phenoxy) is 1. The second kappa shape index (κ2) is 26.0. The maximum atomic E-state index is 14.6. The van der Waals surface area contributed by atoms with Crippen molar-refractivity contribution in [1.82, 2.24) is 68.6 Å². The summed E-state index contributed by atoms with van der Waals surface area (Å²) < 4.78 is 16.4. The number of H-pyrrole nitrogens is 1. The Bertz CT molecular complexity index is 5210. The van der Waals surface area contributed by atoms with Crippen LogP contribution in [0.25, 0.3) is 45.2 Å². The zero-order valence-corrected chi connectivity index (χ0v) is 56.0. The molecular weight excluding hydrogens is 1320 g/mol. The lowest BCUT2D eigenvalue weighted by Crippen LogP contribution is -2.41. The highest BCUT2D eigenvalue weighted by molar-refractivity contribution is 9.10. The largest absolute Gasteiger partial charge is 0.497 e. The second-order valence-corrected chi connectivity index (χ2v) is 25.7. The molecular formula is C74H64Br2N14O5. The minimum Gasteiger partial charge on any atom is -0.497 e. The van der Waals surface area contributed by atoms with Crippen LogP contribution >= 0.6 is 31.9 Å². The van der Waals surface area contributed by atoms with Gasteiger partial charge in [0.15, 0.2) is 0 Å². The molecule has 95 heavy (non-hydrogen) atoms. The molecule has 15 rings (SSSR count). The fourth-order valence-electron chi connectivity index (χ4n) is 12.9. The normalized spacial score (nSPS) is 12.8. The molecule has 21 heteroatoms. The number of nitrogens with zero attached hydrogens (tertiary/aromatic N) is 13. The molecule has 0 spiro atoms. The summed E-state index contributed by atoms with van der Waals surface area (Å²) in [5.41, 5.74) is 19.0. The molecule has 0 saturated carbocycles. The van der Waals surface area contributed by atoms with E-state index in [0.717, 1.165) is 110 Å². The molecule has 19 nitrogen and oxygen atoms in total. The van der Waals surface area contributed by atoms with Crippen LogP contribution in [0.2, 0.25) is 0 Å². The standard InChI is InChI=1S/C41H36BrN7O3.C33H28BrN7O2/c1-26-21-31(13-18-36(26)42)40(50)46-20-19-35-37(25-46)49-39(32(23-43-49)22-28-7-5-4-6-8-28)48(41(35)51)33-14-11-30(12-15-33)38-27(2)44-45-47(38)24-29-9-16-34(52-3)17-10-29;1-20-16-24(10-13-28(20)34)32(42)39-15-14-27-29(19-39)41-31(25(18-35-41)17-22-6-4-3-5-7-22)40(33(27)43)26-11-8-23(9-12-26)30-21(2)36-38-37-30/h4-18,21,23H,19-20,22,24-25H2,1-3H3;3-13,16,18H,14-15,17,19H2,1-2H3,(H,36,37,38). The van der Waals surface area contributed by atoms with E-state index in [1.54, 1.807) is 16.2 Å². The first-order chi connectivity index (χ1) is 46.2. The number of benzene rings is 7. The molecule has 0 radical (unpaired) electrons. The lowest BCUT2D eigenvalue weighted by molar-refractivity contribution is 0.0722. The zero-order chi connectivity index (χ0) is 65.6. The van der Waals surface area contributed by atoms with E-state index in [1.807, 2.05) is 209 Å². The third-order valence-corrected chi connectivity index (χ3v) is 19.7. The van der Waals surface area contributed by atoms with E-state index in [4.69, 9.17) is 14.9 Å². The number of nitrogens with one attached hydrogen (secondary N) is 1. The quantitative estimate of drug-likeness (QED) is 0.115. The second-order valence-electron chi connectivity index (χ2n) is 24.0. The van der Waals surface area contributed by atoms with Crippen molar-refractivity contribution in [3.8, 4) is 39.6 Å².